The van der Waals surface area contributed by atoms with E-state index in [4.69, 9.17) is 15.1 Å². The Morgan fingerprint density at radius 1 is 1.15 bits per heavy atom. The van der Waals surface area contributed by atoms with Crippen LogP contribution >= 0.6 is 22.7 Å². The van der Waals surface area contributed by atoms with E-state index < -0.39 is 0 Å². The standard InChI is InChI=1S/C20H16N2O2S2/c21-18-17(12-6-2-4-8-16(12)26-18)19-22-14(10-25-19)13-9-11-5-1-3-7-15(11)24-20(13)23/h1,3,5,7,9-10H,2,4,6,8,21H2. The second-order valence-corrected chi connectivity index (χ2v) is 8.47. The lowest BCUT2D eigenvalue weighted by Crippen LogP contribution is -2.03. The fourth-order valence-corrected chi connectivity index (χ4v) is 5.71. The predicted molar refractivity (Wildman–Crippen MR) is 108 cm³/mol. The summed E-state index contributed by atoms with van der Waals surface area (Å²) in [5, 5.41) is 4.54. The molecule has 0 bridgehead atoms. The number of hydrogen-bond donors (Lipinski definition) is 1. The Balaban J connectivity index is 1.63. The molecule has 1 aliphatic carbocycles. The number of nitrogen functional groups attached to an aromatic ring is 1. The van der Waals surface area contributed by atoms with Crippen LogP contribution in [0.2, 0.25) is 0 Å². The molecular weight excluding hydrogens is 364 g/mol. The molecule has 0 saturated heterocycles. The average Bonchev–Trinajstić information content (AvgIpc) is 3.24. The third-order valence-electron chi connectivity index (χ3n) is 4.83. The van der Waals surface area contributed by atoms with Crippen LogP contribution in [-0.2, 0) is 12.8 Å². The van der Waals surface area contributed by atoms with Crippen LogP contribution in [0.25, 0.3) is 32.8 Å². The Hall–Kier alpha value is -2.44. The first-order valence-electron chi connectivity index (χ1n) is 8.60. The molecular formula is C20H16N2O2S2. The van der Waals surface area contributed by atoms with Gasteiger partial charge in [-0.1, -0.05) is 18.2 Å². The maximum Gasteiger partial charge on any atom is 0.345 e. The van der Waals surface area contributed by atoms with Crippen LogP contribution < -0.4 is 11.4 Å². The number of thiazole rings is 1. The van der Waals surface area contributed by atoms with Crippen molar-refractivity contribution in [2.45, 2.75) is 25.7 Å². The second-order valence-electron chi connectivity index (χ2n) is 6.47. The summed E-state index contributed by atoms with van der Waals surface area (Å²) in [5.41, 5.74) is 10.1. The smallest absolute Gasteiger partial charge is 0.345 e. The van der Waals surface area contributed by atoms with E-state index in [1.165, 1.54) is 34.6 Å². The quantitative estimate of drug-likeness (QED) is 0.491. The molecule has 0 saturated carbocycles. The van der Waals surface area contributed by atoms with Crippen LogP contribution in [0.3, 0.4) is 0 Å². The van der Waals surface area contributed by atoms with Crippen molar-refractivity contribution < 1.29 is 4.42 Å². The largest absolute Gasteiger partial charge is 0.422 e. The molecule has 1 aliphatic rings. The van der Waals surface area contributed by atoms with Crippen LogP contribution in [0.15, 0.2) is 44.9 Å². The molecule has 0 atom stereocenters. The van der Waals surface area contributed by atoms with Gasteiger partial charge in [0.1, 0.15) is 10.6 Å². The number of fused-ring (bicyclic) bond motifs is 2. The van der Waals surface area contributed by atoms with Gasteiger partial charge in [-0.15, -0.1) is 22.7 Å². The van der Waals surface area contributed by atoms with Crippen molar-refractivity contribution >= 4 is 38.6 Å². The molecule has 0 fully saturated rings. The number of para-hydroxylation sites is 1. The Bertz CT molecular complexity index is 1190. The average molecular weight is 380 g/mol. The Morgan fingerprint density at radius 3 is 2.92 bits per heavy atom. The zero-order valence-electron chi connectivity index (χ0n) is 14.0. The van der Waals surface area contributed by atoms with E-state index in [1.54, 1.807) is 17.4 Å². The van der Waals surface area contributed by atoms with Crippen LogP contribution in [0.4, 0.5) is 5.00 Å². The Kier molecular flexibility index (Phi) is 3.69. The first-order valence-corrected chi connectivity index (χ1v) is 10.3. The molecule has 0 radical (unpaired) electrons. The highest BCUT2D eigenvalue weighted by molar-refractivity contribution is 7.18. The monoisotopic (exact) mass is 380 g/mol. The molecule has 6 heteroatoms. The van der Waals surface area contributed by atoms with Crippen molar-refractivity contribution in [1.29, 1.82) is 0 Å². The van der Waals surface area contributed by atoms with Crippen molar-refractivity contribution in [3.05, 3.63) is 56.6 Å². The molecule has 4 aromatic rings. The van der Waals surface area contributed by atoms with Gasteiger partial charge < -0.3 is 10.2 Å². The van der Waals surface area contributed by atoms with Crippen LogP contribution in [-0.4, -0.2) is 4.98 Å². The first kappa shape index (κ1) is 15.8. The minimum Gasteiger partial charge on any atom is -0.422 e. The number of hydrogen-bond acceptors (Lipinski definition) is 6. The molecule has 0 amide bonds. The summed E-state index contributed by atoms with van der Waals surface area (Å²) in [6.45, 7) is 0. The molecule has 2 N–H and O–H groups in total. The summed E-state index contributed by atoms with van der Waals surface area (Å²) < 4.78 is 5.45. The van der Waals surface area contributed by atoms with Gasteiger partial charge in [0, 0.05) is 21.2 Å². The van der Waals surface area contributed by atoms with E-state index >= 15 is 0 Å². The van der Waals surface area contributed by atoms with Gasteiger partial charge in [0.05, 0.1) is 16.3 Å². The van der Waals surface area contributed by atoms with E-state index in [9.17, 15) is 4.79 Å². The Morgan fingerprint density at radius 2 is 2.00 bits per heavy atom. The van der Waals surface area contributed by atoms with E-state index in [1.807, 2.05) is 29.6 Å². The van der Waals surface area contributed by atoms with Gasteiger partial charge in [0.2, 0.25) is 0 Å². The van der Waals surface area contributed by atoms with Gasteiger partial charge in [-0.3, -0.25) is 0 Å². The van der Waals surface area contributed by atoms with Crippen LogP contribution in [0.1, 0.15) is 23.3 Å². The van der Waals surface area contributed by atoms with Crippen molar-refractivity contribution in [1.82, 2.24) is 4.98 Å². The number of thiophene rings is 1. The van der Waals surface area contributed by atoms with Crippen molar-refractivity contribution in [3.63, 3.8) is 0 Å². The summed E-state index contributed by atoms with van der Waals surface area (Å²) in [5.74, 6) is 0. The summed E-state index contributed by atoms with van der Waals surface area (Å²) in [6, 6.07) is 9.37. The fraction of sp³-hybridized carbons (Fsp3) is 0.200. The fourth-order valence-electron chi connectivity index (χ4n) is 3.57. The van der Waals surface area contributed by atoms with Crippen molar-refractivity contribution in [2.24, 2.45) is 0 Å². The molecule has 3 aromatic heterocycles. The van der Waals surface area contributed by atoms with Gasteiger partial charge in [0.15, 0.2) is 0 Å². The molecule has 3 heterocycles. The number of aromatic nitrogens is 1. The maximum atomic E-state index is 12.4. The van der Waals surface area contributed by atoms with Gasteiger partial charge in [-0.2, -0.15) is 0 Å². The van der Waals surface area contributed by atoms with Crippen molar-refractivity contribution in [2.75, 3.05) is 5.73 Å². The normalized spacial score (nSPS) is 13.8. The summed E-state index contributed by atoms with van der Waals surface area (Å²) in [6.07, 6.45) is 4.60. The number of nitrogens with zero attached hydrogens (tertiary/aromatic N) is 1. The summed E-state index contributed by atoms with van der Waals surface area (Å²) in [4.78, 5) is 18.5. The molecule has 0 aliphatic heterocycles. The van der Waals surface area contributed by atoms with Gasteiger partial charge in [0.25, 0.3) is 0 Å². The minimum absolute atomic E-state index is 0.360. The highest BCUT2D eigenvalue weighted by atomic mass is 32.1. The van der Waals surface area contributed by atoms with Crippen LogP contribution in [0, 0.1) is 0 Å². The number of nitrogens with two attached hydrogens (primary N) is 1. The lowest BCUT2D eigenvalue weighted by molar-refractivity contribution is 0.563. The number of benzene rings is 1. The molecule has 130 valence electrons. The highest BCUT2D eigenvalue weighted by Gasteiger charge is 2.23. The van der Waals surface area contributed by atoms with Gasteiger partial charge in [-0.25, -0.2) is 9.78 Å². The lowest BCUT2D eigenvalue weighted by Gasteiger charge is -2.11. The second kappa shape index (κ2) is 6.07. The number of anilines is 1. The van der Waals surface area contributed by atoms with Crippen LogP contribution in [0.5, 0.6) is 0 Å². The molecule has 1 aromatic carbocycles. The van der Waals surface area contributed by atoms with E-state index in [-0.39, 0.29) is 5.63 Å². The summed E-state index contributed by atoms with van der Waals surface area (Å²) >= 11 is 3.22. The van der Waals surface area contributed by atoms with Crippen molar-refractivity contribution in [3.8, 4) is 21.8 Å². The third kappa shape index (κ3) is 2.48. The molecule has 5 rings (SSSR count). The first-order chi connectivity index (χ1) is 12.7. The van der Waals surface area contributed by atoms with Gasteiger partial charge >= 0.3 is 5.63 Å². The van der Waals surface area contributed by atoms with Gasteiger partial charge in [-0.05, 0) is 43.4 Å². The van der Waals surface area contributed by atoms with E-state index in [0.717, 1.165) is 33.8 Å². The Labute approximate surface area is 157 Å². The topological polar surface area (TPSA) is 69.1 Å². The third-order valence-corrected chi connectivity index (χ3v) is 6.81. The van der Waals surface area contributed by atoms with E-state index in [2.05, 4.69) is 0 Å². The summed E-state index contributed by atoms with van der Waals surface area (Å²) in [7, 11) is 0. The number of rotatable bonds is 2. The van der Waals surface area contributed by atoms with E-state index in [0.29, 0.717) is 16.8 Å². The molecule has 4 nitrogen and oxygen atoms in total. The zero-order chi connectivity index (χ0) is 17.7. The minimum atomic E-state index is -0.360. The molecule has 0 unspecified atom stereocenters. The molecule has 0 spiro atoms. The molecule has 26 heavy (non-hydrogen) atoms. The predicted octanol–water partition coefficient (Wildman–Crippen LogP) is 5.11. The zero-order valence-corrected chi connectivity index (χ0v) is 15.6. The highest BCUT2D eigenvalue weighted by Crippen LogP contribution is 2.44. The SMILES string of the molecule is Nc1sc2c(c1-c1nc(-c3cc4ccccc4oc3=O)cs1)CCCC2. The lowest BCUT2D eigenvalue weighted by atomic mass is 9.96. The maximum absolute atomic E-state index is 12.4. The number of aryl methyl sites for hydroxylation is 1.